The molecule has 1 fully saturated rings. The molecule has 1 atom stereocenters. The maximum absolute atomic E-state index is 12.1. The van der Waals surface area contributed by atoms with Gasteiger partial charge in [-0.05, 0) is 50.7 Å². The minimum atomic E-state index is 0.0497. The fraction of sp³-hybridized carbons (Fsp3) is 0.611. The largest absolute Gasteiger partial charge is 0.336 e. The number of hydrogen-bond acceptors (Lipinski definition) is 3. The molecule has 1 aromatic rings. The third kappa shape index (κ3) is 6.43. The number of hydrogen-bond donors (Lipinski definition) is 1. The number of likely N-dealkylation sites (N-methyl/N-ethyl adjacent to an activating group) is 1. The van der Waals surface area contributed by atoms with E-state index in [1.165, 1.54) is 24.2 Å². The predicted octanol–water partition coefficient (Wildman–Crippen LogP) is 3.29. The number of carbonyl (C=O) groups excluding carboxylic acids is 1. The third-order valence-electron chi connectivity index (χ3n) is 4.41. The predicted molar refractivity (Wildman–Crippen MR) is 98.1 cm³/mol. The van der Waals surface area contributed by atoms with Crippen molar-refractivity contribution in [1.82, 2.24) is 15.1 Å². The van der Waals surface area contributed by atoms with Gasteiger partial charge in [0, 0.05) is 31.1 Å². The third-order valence-corrected chi connectivity index (χ3v) is 5.51. The van der Waals surface area contributed by atoms with Crippen molar-refractivity contribution >= 4 is 17.8 Å². The molecule has 4 nitrogen and oxygen atoms in total. The number of urea groups is 1. The van der Waals surface area contributed by atoms with Crippen molar-refractivity contribution in [2.75, 3.05) is 39.5 Å². The summed E-state index contributed by atoms with van der Waals surface area (Å²) in [6.07, 6.45) is 4.75. The van der Waals surface area contributed by atoms with E-state index >= 15 is 0 Å². The van der Waals surface area contributed by atoms with Gasteiger partial charge in [-0.15, -0.1) is 11.8 Å². The topological polar surface area (TPSA) is 35.6 Å². The van der Waals surface area contributed by atoms with Crippen molar-refractivity contribution in [3.05, 3.63) is 30.3 Å². The van der Waals surface area contributed by atoms with Crippen molar-refractivity contribution in [2.24, 2.45) is 0 Å². The van der Waals surface area contributed by atoms with Crippen LogP contribution in [0.3, 0.4) is 0 Å². The summed E-state index contributed by atoms with van der Waals surface area (Å²) in [5.74, 6) is 1.03. The summed E-state index contributed by atoms with van der Waals surface area (Å²) in [5.41, 5.74) is 0. The second kappa shape index (κ2) is 9.83. The van der Waals surface area contributed by atoms with Crippen molar-refractivity contribution < 1.29 is 4.79 Å². The van der Waals surface area contributed by atoms with Crippen LogP contribution in [0.15, 0.2) is 35.2 Å². The second-order valence-corrected chi connectivity index (χ2v) is 7.42. The van der Waals surface area contributed by atoms with Crippen molar-refractivity contribution in [3.8, 4) is 0 Å². The number of rotatable bonds is 7. The lowest BCUT2D eigenvalue weighted by atomic mass is 10.0. The molecule has 2 rings (SSSR count). The quantitative estimate of drug-likeness (QED) is 0.613. The molecule has 23 heavy (non-hydrogen) atoms. The Hall–Kier alpha value is -1.20. The van der Waals surface area contributed by atoms with Gasteiger partial charge in [-0.25, -0.2) is 4.79 Å². The molecular weight excluding hydrogens is 306 g/mol. The molecule has 0 spiro atoms. The van der Waals surface area contributed by atoms with Crippen LogP contribution in [0.5, 0.6) is 0 Å². The summed E-state index contributed by atoms with van der Waals surface area (Å²) in [6.45, 7) is 2.71. The molecule has 128 valence electrons. The first-order valence-electron chi connectivity index (χ1n) is 8.54. The van der Waals surface area contributed by atoms with Crippen LogP contribution in [0.4, 0.5) is 4.79 Å². The number of amides is 2. The van der Waals surface area contributed by atoms with Gasteiger partial charge in [0.25, 0.3) is 0 Å². The first-order valence-corrected chi connectivity index (χ1v) is 9.52. The maximum atomic E-state index is 12.1. The molecule has 1 aliphatic rings. The summed E-state index contributed by atoms with van der Waals surface area (Å²) in [6, 6.07) is 11.0. The molecule has 0 bridgehead atoms. The van der Waals surface area contributed by atoms with Gasteiger partial charge in [-0.2, -0.15) is 0 Å². The van der Waals surface area contributed by atoms with Crippen molar-refractivity contribution in [1.29, 1.82) is 0 Å². The van der Waals surface area contributed by atoms with E-state index in [1.54, 1.807) is 4.90 Å². The first kappa shape index (κ1) is 18.1. The first-order chi connectivity index (χ1) is 11.2. The van der Waals surface area contributed by atoms with E-state index in [0.717, 1.165) is 31.8 Å². The molecule has 1 saturated heterocycles. The highest BCUT2D eigenvalue weighted by Crippen LogP contribution is 2.17. The van der Waals surface area contributed by atoms with Gasteiger partial charge in [-0.3, -0.25) is 0 Å². The van der Waals surface area contributed by atoms with Crippen LogP contribution in [-0.4, -0.2) is 61.4 Å². The molecule has 0 saturated carbocycles. The van der Waals surface area contributed by atoms with E-state index in [-0.39, 0.29) is 6.03 Å². The fourth-order valence-corrected chi connectivity index (χ4v) is 3.71. The number of thioether (sulfide) groups is 1. The summed E-state index contributed by atoms with van der Waals surface area (Å²) in [4.78, 5) is 17.6. The number of carbonyl (C=O) groups is 1. The van der Waals surface area contributed by atoms with Crippen LogP contribution in [0.1, 0.15) is 25.7 Å². The van der Waals surface area contributed by atoms with E-state index < -0.39 is 0 Å². The van der Waals surface area contributed by atoms with Crippen LogP contribution in [0.2, 0.25) is 0 Å². The molecular formula is C18H29N3OS. The zero-order chi connectivity index (χ0) is 16.5. The van der Waals surface area contributed by atoms with Crippen LogP contribution in [0, 0.1) is 0 Å². The summed E-state index contributed by atoms with van der Waals surface area (Å²) in [5, 5.41) is 3.08. The highest BCUT2D eigenvalue weighted by molar-refractivity contribution is 7.99. The zero-order valence-corrected chi connectivity index (χ0v) is 15.1. The Kier molecular flexibility index (Phi) is 7.76. The SMILES string of the molecule is CN(CCCSc1ccccc1)C(=O)NC[C@@H]1CCCCN1C. The summed E-state index contributed by atoms with van der Waals surface area (Å²) in [7, 11) is 4.04. The number of benzene rings is 1. The molecule has 1 aliphatic heterocycles. The molecule has 1 N–H and O–H groups in total. The molecule has 0 aromatic heterocycles. The van der Waals surface area contributed by atoms with Gasteiger partial charge in [-0.1, -0.05) is 24.6 Å². The van der Waals surface area contributed by atoms with Gasteiger partial charge in [0.1, 0.15) is 0 Å². The molecule has 1 heterocycles. The number of nitrogens with one attached hydrogen (secondary N) is 1. The van der Waals surface area contributed by atoms with E-state index in [1.807, 2.05) is 24.9 Å². The van der Waals surface area contributed by atoms with Crippen LogP contribution < -0.4 is 5.32 Å². The van der Waals surface area contributed by atoms with E-state index in [2.05, 4.69) is 41.5 Å². The Morgan fingerprint density at radius 1 is 1.35 bits per heavy atom. The van der Waals surface area contributed by atoms with E-state index in [4.69, 9.17) is 0 Å². The molecule has 0 aliphatic carbocycles. The second-order valence-electron chi connectivity index (χ2n) is 6.25. The van der Waals surface area contributed by atoms with Gasteiger partial charge in [0.05, 0.1) is 0 Å². The standard InChI is InChI=1S/C18H29N3OS/c1-20-12-7-6-9-16(20)15-19-18(22)21(2)13-8-14-23-17-10-4-3-5-11-17/h3-5,10-11,16H,6-9,12-15H2,1-2H3,(H,19,22)/t16-/m0/s1. The average molecular weight is 336 g/mol. The van der Waals surface area contributed by atoms with Crippen LogP contribution >= 0.6 is 11.8 Å². The zero-order valence-electron chi connectivity index (χ0n) is 14.3. The van der Waals surface area contributed by atoms with Crippen LogP contribution in [0.25, 0.3) is 0 Å². The Balaban J connectivity index is 1.59. The molecule has 2 amide bonds. The minimum Gasteiger partial charge on any atom is -0.336 e. The average Bonchev–Trinajstić information content (AvgIpc) is 2.58. The van der Waals surface area contributed by atoms with E-state index in [9.17, 15) is 4.79 Å². The smallest absolute Gasteiger partial charge is 0.317 e. The Morgan fingerprint density at radius 2 is 2.13 bits per heavy atom. The number of likely N-dealkylation sites (tertiary alicyclic amines) is 1. The molecule has 0 unspecified atom stereocenters. The Bertz CT molecular complexity index is 469. The summed E-state index contributed by atoms with van der Waals surface area (Å²) >= 11 is 1.85. The lowest BCUT2D eigenvalue weighted by Crippen LogP contribution is -2.47. The maximum Gasteiger partial charge on any atom is 0.317 e. The minimum absolute atomic E-state index is 0.0497. The Labute approximate surface area is 144 Å². The van der Waals surface area contributed by atoms with Crippen molar-refractivity contribution in [3.63, 3.8) is 0 Å². The van der Waals surface area contributed by atoms with Gasteiger partial charge >= 0.3 is 6.03 Å². The van der Waals surface area contributed by atoms with E-state index in [0.29, 0.717) is 6.04 Å². The number of piperidine rings is 1. The van der Waals surface area contributed by atoms with Gasteiger partial charge < -0.3 is 15.1 Å². The molecule has 5 heteroatoms. The lowest BCUT2D eigenvalue weighted by Gasteiger charge is -2.33. The van der Waals surface area contributed by atoms with Gasteiger partial charge in [0.2, 0.25) is 0 Å². The van der Waals surface area contributed by atoms with Crippen LogP contribution in [-0.2, 0) is 0 Å². The normalized spacial score (nSPS) is 18.6. The van der Waals surface area contributed by atoms with Crippen molar-refractivity contribution in [2.45, 2.75) is 36.6 Å². The fourth-order valence-electron chi connectivity index (χ4n) is 2.85. The molecule has 1 aromatic carbocycles. The van der Waals surface area contributed by atoms with Gasteiger partial charge in [0.15, 0.2) is 0 Å². The molecule has 0 radical (unpaired) electrons. The highest BCUT2D eigenvalue weighted by Gasteiger charge is 2.19. The number of nitrogens with zero attached hydrogens (tertiary/aromatic N) is 2. The Morgan fingerprint density at radius 3 is 2.87 bits per heavy atom. The lowest BCUT2D eigenvalue weighted by molar-refractivity contribution is 0.172. The monoisotopic (exact) mass is 335 g/mol. The summed E-state index contributed by atoms with van der Waals surface area (Å²) < 4.78 is 0. The highest BCUT2D eigenvalue weighted by atomic mass is 32.2.